The molecular weight excluding hydrogens is 777 g/mol. The van der Waals surface area contributed by atoms with Gasteiger partial charge in [0.05, 0.1) is 23.5 Å². The number of rotatable bonds is 7. The number of methoxy groups -OCH3 is 1. The Bertz CT molecular complexity index is 1780. The molecule has 5 aliphatic rings. The summed E-state index contributed by atoms with van der Waals surface area (Å²) in [5, 5.41) is 51.9. The zero-order valence-corrected chi connectivity index (χ0v) is 37.6. The van der Waals surface area contributed by atoms with Gasteiger partial charge in [-0.15, -0.1) is 0 Å². The third kappa shape index (κ3) is 7.41. The lowest BCUT2D eigenvalue weighted by Gasteiger charge is -2.62. The van der Waals surface area contributed by atoms with E-state index in [1.54, 1.807) is 54.7 Å². The molecule has 3 saturated carbocycles. The molecule has 1 heterocycles. The minimum absolute atomic E-state index is 0.150. The van der Waals surface area contributed by atoms with Crippen molar-refractivity contribution in [2.24, 2.45) is 63.3 Å². The minimum atomic E-state index is -2.11. The fourth-order valence-electron chi connectivity index (χ4n) is 12.2. The van der Waals surface area contributed by atoms with E-state index in [1.165, 1.54) is 26.0 Å². The number of aliphatic hydroxyl groups excluding tert-OH is 2. The van der Waals surface area contributed by atoms with Gasteiger partial charge in [0.25, 0.3) is 0 Å². The first-order chi connectivity index (χ1) is 27.7. The molecule has 4 N–H and O–H groups in total. The van der Waals surface area contributed by atoms with Crippen LogP contribution in [0.2, 0.25) is 0 Å². The van der Waals surface area contributed by atoms with E-state index in [1.807, 2.05) is 20.8 Å². The number of ether oxygens (including phenoxy) is 3. The number of halogens is 1. The maximum atomic E-state index is 17.6. The number of allylic oxidation sites excluding steroid dienone is 4. The van der Waals surface area contributed by atoms with Crippen molar-refractivity contribution < 1.29 is 63.0 Å². The predicted octanol–water partition coefficient (Wildman–Crippen LogP) is 5.24. The van der Waals surface area contributed by atoms with Gasteiger partial charge in [0, 0.05) is 41.6 Å². The minimum Gasteiger partial charge on any atom is -0.460 e. The van der Waals surface area contributed by atoms with Crippen LogP contribution < -0.4 is 0 Å². The monoisotopic (exact) mass is 847 g/mol. The molecule has 0 aromatic heterocycles. The molecule has 4 aliphatic carbocycles. The van der Waals surface area contributed by atoms with Crippen LogP contribution in [-0.2, 0) is 38.2 Å². The van der Waals surface area contributed by atoms with Gasteiger partial charge in [0.15, 0.2) is 23.7 Å². The van der Waals surface area contributed by atoms with E-state index in [0.717, 1.165) is 0 Å². The van der Waals surface area contributed by atoms with Crippen LogP contribution in [0.3, 0.4) is 0 Å². The first kappa shape index (κ1) is 48.0. The number of nitrogens with zero attached hydrogens (tertiary/aromatic N) is 1. The van der Waals surface area contributed by atoms with E-state index < -0.39 is 105 Å². The Kier molecular flexibility index (Phi) is 13.5. The van der Waals surface area contributed by atoms with Crippen molar-refractivity contribution in [3.63, 3.8) is 0 Å². The zero-order chi connectivity index (χ0) is 45.1. The second-order valence-corrected chi connectivity index (χ2v) is 19.8. The zero-order valence-electron chi connectivity index (χ0n) is 37.6. The predicted molar refractivity (Wildman–Crippen MR) is 220 cm³/mol. The first-order valence-electron chi connectivity index (χ1n) is 21.8. The van der Waals surface area contributed by atoms with Gasteiger partial charge in [0.1, 0.15) is 30.0 Å². The third-order valence-corrected chi connectivity index (χ3v) is 16.6. The Balaban J connectivity index is 1.36. The van der Waals surface area contributed by atoms with Crippen LogP contribution in [0.25, 0.3) is 0 Å². The number of ketones is 2. The fourth-order valence-corrected chi connectivity index (χ4v) is 12.2. The molecule has 338 valence electrons. The second kappa shape index (κ2) is 16.9. The summed E-state index contributed by atoms with van der Waals surface area (Å²) in [4.78, 5) is 58.8. The van der Waals surface area contributed by atoms with Crippen LogP contribution in [0.1, 0.15) is 115 Å². The summed E-state index contributed by atoms with van der Waals surface area (Å²) in [6, 6.07) is 0. The summed E-state index contributed by atoms with van der Waals surface area (Å²) in [6.07, 6.45) is 1.60. The number of fused-ring (bicyclic) bond motifs is 5. The quantitative estimate of drug-likeness (QED) is 0.113. The normalized spacial score (nSPS) is 48.3. The van der Waals surface area contributed by atoms with Crippen LogP contribution in [0.4, 0.5) is 4.39 Å². The molecule has 4 fully saturated rings. The van der Waals surface area contributed by atoms with Crippen molar-refractivity contribution >= 4 is 29.2 Å². The number of hydrogen-bond acceptors (Lipinski definition) is 13. The number of carbonyl (C=O) groups excluding carboxylic acids is 4. The van der Waals surface area contributed by atoms with Gasteiger partial charge in [-0.25, -0.2) is 9.18 Å². The molecule has 2 unspecified atom stereocenters. The van der Waals surface area contributed by atoms with Gasteiger partial charge in [-0.3, -0.25) is 14.4 Å². The molecular formula is C46H70FNO12. The van der Waals surface area contributed by atoms with Crippen LogP contribution in [-0.4, -0.2) is 111 Å². The number of carbonyl (C=O) groups is 4. The molecule has 1 aliphatic heterocycles. The number of aliphatic hydroxyl groups is 4. The second-order valence-electron chi connectivity index (χ2n) is 19.8. The molecule has 1 saturated heterocycles. The number of alkyl halides is 1. The Morgan fingerprint density at radius 2 is 1.62 bits per heavy atom. The van der Waals surface area contributed by atoms with E-state index in [4.69, 9.17) is 19.0 Å². The van der Waals surface area contributed by atoms with Crippen molar-refractivity contribution in [2.75, 3.05) is 20.3 Å². The molecule has 5 rings (SSSR count). The summed E-state index contributed by atoms with van der Waals surface area (Å²) >= 11 is 0. The van der Waals surface area contributed by atoms with Crippen LogP contribution in [0.15, 0.2) is 29.0 Å². The standard InChI is InChI=1S/C46H70FNO12/c1-13-35-44(11,55)38(52)27(5)36(24(2)22-43(10,57-12)29(7)26(4)37(51)28(6)39(53)60-35)48-59-19-18-58-40(54)46(56)25(3)20-33-32-15-14-30-21-31(49)16-17-41(30,8)45(32,47)34(50)23-42(33,46)9/h16-17,21,24-29,32-35,38,50,52,55-56H,13-15,18-20,22-23H2,1-12H3/b48-36-/t24-,25-,26-,27+,28-,29-,32?,33?,34+,35-,38-,41+,42+,43-,44-,45+,46+/m1/s1. The summed E-state index contributed by atoms with van der Waals surface area (Å²) in [5.41, 5.74) is -8.49. The molecule has 0 amide bonds. The SMILES string of the molecule is CC[C@H]1OC(=O)[C@H](C)C(=O)[C@H](C)[C@@H](C)[C@](C)(OC)C[C@@H](C)/C(=N/OCCOC(=O)[C@@]2(O)[C@H](C)CC3C4CCC5=CC(=O)C=C[C@]5(C)[C@@]4(F)[C@@H](O)C[C@@]32C)[C@H](C)[C@@H](O)[C@]1(C)O. The van der Waals surface area contributed by atoms with E-state index >= 15 is 4.39 Å². The summed E-state index contributed by atoms with van der Waals surface area (Å²) < 4.78 is 35.0. The van der Waals surface area contributed by atoms with E-state index in [0.29, 0.717) is 37.0 Å². The molecule has 0 aromatic carbocycles. The van der Waals surface area contributed by atoms with Gasteiger partial charge < -0.3 is 39.5 Å². The van der Waals surface area contributed by atoms with Crippen molar-refractivity contribution in [3.05, 3.63) is 23.8 Å². The highest BCUT2D eigenvalue weighted by atomic mass is 19.1. The summed E-state index contributed by atoms with van der Waals surface area (Å²) in [5.74, 6) is -7.41. The molecule has 0 spiro atoms. The number of hydrogen-bond donors (Lipinski definition) is 4. The highest BCUT2D eigenvalue weighted by Gasteiger charge is 2.76. The fraction of sp³-hybridized carbons (Fsp3) is 0.804. The van der Waals surface area contributed by atoms with Crippen molar-refractivity contribution in [1.82, 2.24) is 0 Å². The molecule has 60 heavy (non-hydrogen) atoms. The number of esters is 2. The van der Waals surface area contributed by atoms with E-state index in [2.05, 4.69) is 5.16 Å². The molecule has 0 aromatic rings. The topological polar surface area (TPSA) is 198 Å². The Morgan fingerprint density at radius 3 is 2.23 bits per heavy atom. The molecule has 0 radical (unpaired) electrons. The average Bonchev–Trinajstić information content (AvgIpc) is 3.40. The van der Waals surface area contributed by atoms with Gasteiger partial charge in [-0.2, -0.15) is 0 Å². The van der Waals surface area contributed by atoms with Crippen molar-refractivity contribution in [1.29, 1.82) is 0 Å². The third-order valence-electron chi connectivity index (χ3n) is 16.6. The smallest absolute Gasteiger partial charge is 0.339 e. The summed E-state index contributed by atoms with van der Waals surface area (Å²) in [6.45, 7) is 18.2. The average molecular weight is 848 g/mol. The highest BCUT2D eigenvalue weighted by Crippen LogP contribution is 2.70. The van der Waals surface area contributed by atoms with E-state index in [-0.39, 0.29) is 43.5 Å². The van der Waals surface area contributed by atoms with Gasteiger partial charge in [-0.05, 0) is 96.1 Å². The lowest BCUT2D eigenvalue weighted by Crippen LogP contribution is -2.69. The van der Waals surface area contributed by atoms with Crippen molar-refractivity contribution in [3.8, 4) is 0 Å². The number of oxime groups is 1. The Labute approximate surface area is 354 Å². The largest absolute Gasteiger partial charge is 0.460 e. The van der Waals surface area contributed by atoms with Crippen LogP contribution in [0.5, 0.6) is 0 Å². The number of cyclic esters (lactones) is 1. The van der Waals surface area contributed by atoms with Crippen LogP contribution in [0, 0.1) is 58.2 Å². The maximum absolute atomic E-state index is 17.6. The first-order valence-corrected chi connectivity index (χ1v) is 21.8. The van der Waals surface area contributed by atoms with Crippen molar-refractivity contribution in [2.45, 2.75) is 155 Å². The van der Waals surface area contributed by atoms with Crippen LogP contribution >= 0.6 is 0 Å². The Hall–Kier alpha value is -3.04. The van der Waals surface area contributed by atoms with Gasteiger partial charge in [0.2, 0.25) is 0 Å². The lowest BCUT2D eigenvalue weighted by molar-refractivity contribution is -0.228. The molecule has 17 atom stereocenters. The lowest BCUT2D eigenvalue weighted by atomic mass is 9.45. The van der Waals surface area contributed by atoms with E-state index in [9.17, 15) is 39.6 Å². The molecule has 13 nitrogen and oxygen atoms in total. The Morgan fingerprint density at radius 1 is 0.967 bits per heavy atom. The maximum Gasteiger partial charge on any atom is 0.339 e. The molecule has 14 heteroatoms. The summed E-state index contributed by atoms with van der Waals surface area (Å²) in [7, 11) is 1.54. The van der Waals surface area contributed by atoms with Gasteiger partial charge in [-0.1, -0.05) is 65.3 Å². The number of Topliss-reactive ketones (excluding diaryl/α,β-unsaturated/α-hetero) is 1. The molecule has 0 bridgehead atoms. The van der Waals surface area contributed by atoms with Gasteiger partial charge >= 0.3 is 11.9 Å². The highest BCUT2D eigenvalue weighted by molar-refractivity contribution is 6.01.